The van der Waals surface area contributed by atoms with E-state index in [0.717, 1.165) is 16.8 Å². The van der Waals surface area contributed by atoms with Gasteiger partial charge in [-0.15, -0.1) is 0 Å². The molecule has 2 aromatic carbocycles. The molecule has 0 unspecified atom stereocenters. The standard InChI is InChI=1S/C29H33NO6/c1-6-13-36-29(32)26-17(2)30-21-14-19(18-11-12-24(34-4)25(16-18)35-5)15-22(31)28(21)27(26)20-9-7-8-10-23(20)33-3/h7-12,16,19,27,30H,6,13-15H2,1-5H3/t19-,27+/m0/s1. The van der Waals surface area contributed by atoms with Crippen LogP contribution in [0.5, 0.6) is 17.2 Å². The van der Waals surface area contributed by atoms with E-state index >= 15 is 0 Å². The smallest absolute Gasteiger partial charge is 0.336 e. The van der Waals surface area contributed by atoms with E-state index in [1.165, 1.54) is 0 Å². The molecular formula is C29H33NO6. The van der Waals surface area contributed by atoms with Crippen molar-refractivity contribution in [1.82, 2.24) is 5.32 Å². The fourth-order valence-corrected chi connectivity index (χ4v) is 5.14. The van der Waals surface area contributed by atoms with Crippen LogP contribution in [0.25, 0.3) is 0 Å². The summed E-state index contributed by atoms with van der Waals surface area (Å²) >= 11 is 0. The molecule has 0 bridgehead atoms. The van der Waals surface area contributed by atoms with Crippen molar-refractivity contribution in [3.8, 4) is 17.2 Å². The van der Waals surface area contributed by atoms with Crippen molar-refractivity contribution >= 4 is 11.8 Å². The van der Waals surface area contributed by atoms with Crippen molar-refractivity contribution in [3.63, 3.8) is 0 Å². The second-order valence-corrected chi connectivity index (χ2v) is 9.01. The van der Waals surface area contributed by atoms with Crippen LogP contribution in [0.2, 0.25) is 0 Å². The van der Waals surface area contributed by atoms with Crippen molar-refractivity contribution in [2.75, 3.05) is 27.9 Å². The number of Topliss-reactive ketones (excluding diaryl/α,β-unsaturated/α-hetero) is 1. The third-order valence-electron chi connectivity index (χ3n) is 6.81. The number of dihydropyridines is 1. The van der Waals surface area contributed by atoms with E-state index in [0.29, 0.717) is 60.0 Å². The summed E-state index contributed by atoms with van der Waals surface area (Å²) in [5.74, 6) is 0.863. The summed E-state index contributed by atoms with van der Waals surface area (Å²) in [7, 11) is 4.79. The molecule has 2 atom stereocenters. The highest BCUT2D eigenvalue weighted by atomic mass is 16.5. The first-order valence-corrected chi connectivity index (χ1v) is 12.2. The lowest BCUT2D eigenvalue weighted by Gasteiger charge is -2.37. The maximum atomic E-state index is 13.8. The fourth-order valence-electron chi connectivity index (χ4n) is 5.14. The quantitative estimate of drug-likeness (QED) is 0.519. The molecule has 1 aliphatic heterocycles. The number of nitrogens with one attached hydrogen (secondary N) is 1. The zero-order chi connectivity index (χ0) is 25.8. The number of ether oxygens (including phenoxy) is 4. The van der Waals surface area contributed by atoms with E-state index in [1.54, 1.807) is 21.3 Å². The largest absolute Gasteiger partial charge is 0.496 e. The van der Waals surface area contributed by atoms with Crippen molar-refractivity contribution in [3.05, 3.63) is 76.1 Å². The number of benzene rings is 2. The molecule has 7 nitrogen and oxygen atoms in total. The first-order valence-electron chi connectivity index (χ1n) is 12.2. The van der Waals surface area contributed by atoms with Gasteiger partial charge in [0.1, 0.15) is 5.75 Å². The molecule has 4 rings (SSSR count). The van der Waals surface area contributed by atoms with Crippen molar-refractivity contribution < 1.29 is 28.5 Å². The zero-order valence-corrected chi connectivity index (χ0v) is 21.5. The molecule has 1 N–H and O–H groups in total. The Morgan fingerprint density at radius 2 is 1.69 bits per heavy atom. The Morgan fingerprint density at radius 3 is 2.39 bits per heavy atom. The van der Waals surface area contributed by atoms with Gasteiger partial charge in [-0.1, -0.05) is 31.2 Å². The van der Waals surface area contributed by atoms with Crippen LogP contribution in [0.15, 0.2) is 65.0 Å². The van der Waals surface area contributed by atoms with Crippen molar-refractivity contribution in [2.24, 2.45) is 0 Å². The maximum absolute atomic E-state index is 13.8. The van der Waals surface area contributed by atoms with Gasteiger partial charge in [0.25, 0.3) is 0 Å². The van der Waals surface area contributed by atoms with Crippen molar-refractivity contribution in [2.45, 2.75) is 44.9 Å². The molecule has 7 heteroatoms. The van der Waals surface area contributed by atoms with E-state index in [1.807, 2.05) is 56.3 Å². The Balaban J connectivity index is 1.79. The summed E-state index contributed by atoms with van der Waals surface area (Å²) in [6.45, 7) is 4.12. The molecule has 0 fully saturated rings. The number of hydrogen-bond acceptors (Lipinski definition) is 7. The summed E-state index contributed by atoms with van der Waals surface area (Å²) in [4.78, 5) is 27.0. The lowest BCUT2D eigenvalue weighted by Crippen LogP contribution is -2.36. The molecule has 1 heterocycles. The molecule has 2 aromatic rings. The number of ketones is 1. The highest BCUT2D eigenvalue weighted by Gasteiger charge is 2.42. The predicted molar refractivity (Wildman–Crippen MR) is 136 cm³/mol. The van der Waals surface area contributed by atoms with Crippen LogP contribution in [0.1, 0.15) is 56.1 Å². The van der Waals surface area contributed by atoms with Crippen molar-refractivity contribution in [1.29, 1.82) is 0 Å². The summed E-state index contributed by atoms with van der Waals surface area (Å²) < 4.78 is 22.0. The first-order chi connectivity index (χ1) is 17.4. The van der Waals surface area contributed by atoms with Crippen LogP contribution >= 0.6 is 0 Å². The van der Waals surface area contributed by atoms with Gasteiger partial charge in [0.2, 0.25) is 0 Å². The Hall–Kier alpha value is -3.74. The molecule has 36 heavy (non-hydrogen) atoms. The van der Waals surface area contributed by atoms with Gasteiger partial charge in [-0.05, 0) is 49.4 Å². The minimum Gasteiger partial charge on any atom is -0.496 e. The van der Waals surface area contributed by atoms with E-state index in [4.69, 9.17) is 18.9 Å². The summed E-state index contributed by atoms with van der Waals surface area (Å²) in [6, 6.07) is 13.3. The summed E-state index contributed by atoms with van der Waals surface area (Å²) in [6.07, 6.45) is 1.65. The Labute approximate surface area is 212 Å². The van der Waals surface area contributed by atoms with Crippen LogP contribution in [-0.2, 0) is 14.3 Å². The van der Waals surface area contributed by atoms with E-state index in [-0.39, 0.29) is 11.7 Å². The SMILES string of the molecule is CCCOC(=O)C1=C(C)NC2=C(C(=O)C[C@@H](c3ccc(OC)c(OC)c3)C2)[C@@H]1c1ccccc1OC. The number of carbonyl (C=O) groups is 2. The Bertz CT molecular complexity index is 1230. The van der Waals surface area contributed by atoms with E-state index in [9.17, 15) is 9.59 Å². The van der Waals surface area contributed by atoms with Crippen LogP contribution in [0, 0.1) is 0 Å². The molecule has 0 radical (unpaired) electrons. The van der Waals surface area contributed by atoms with Crippen LogP contribution in [0.3, 0.4) is 0 Å². The molecule has 190 valence electrons. The number of hydrogen-bond donors (Lipinski definition) is 1. The number of rotatable bonds is 8. The number of para-hydroxylation sites is 1. The van der Waals surface area contributed by atoms with Gasteiger partial charge in [0.15, 0.2) is 17.3 Å². The van der Waals surface area contributed by atoms with Gasteiger partial charge in [0, 0.05) is 29.0 Å². The molecule has 0 saturated heterocycles. The first kappa shape index (κ1) is 25.4. The van der Waals surface area contributed by atoms with Gasteiger partial charge < -0.3 is 24.3 Å². The third kappa shape index (κ3) is 4.70. The normalized spacial score (nSPS) is 19.4. The molecule has 0 spiro atoms. The molecule has 0 amide bonds. The average Bonchev–Trinajstić information content (AvgIpc) is 2.90. The molecule has 1 aliphatic carbocycles. The molecule has 0 saturated carbocycles. The topological polar surface area (TPSA) is 83.1 Å². The summed E-state index contributed by atoms with van der Waals surface area (Å²) in [5, 5.41) is 3.39. The second kappa shape index (κ2) is 10.9. The molecule has 0 aromatic heterocycles. The minimum atomic E-state index is -0.569. The minimum absolute atomic E-state index is 0.00673. The van der Waals surface area contributed by atoms with Crippen LogP contribution in [-0.4, -0.2) is 39.7 Å². The maximum Gasteiger partial charge on any atom is 0.336 e. The third-order valence-corrected chi connectivity index (χ3v) is 6.81. The predicted octanol–water partition coefficient (Wildman–Crippen LogP) is 5.03. The monoisotopic (exact) mass is 491 g/mol. The average molecular weight is 492 g/mol. The number of methoxy groups -OCH3 is 3. The van der Waals surface area contributed by atoms with Crippen LogP contribution in [0.4, 0.5) is 0 Å². The fraction of sp³-hybridized carbons (Fsp3) is 0.379. The van der Waals surface area contributed by atoms with E-state index in [2.05, 4.69) is 5.32 Å². The Morgan fingerprint density at radius 1 is 0.972 bits per heavy atom. The number of esters is 1. The van der Waals surface area contributed by atoms with E-state index < -0.39 is 11.9 Å². The highest BCUT2D eigenvalue weighted by molar-refractivity contribution is 6.04. The highest BCUT2D eigenvalue weighted by Crippen LogP contribution is 2.48. The van der Waals surface area contributed by atoms with Gasteiger partial charge in [-0.2, -0.15) is 0 Å². The zero-order valence-electron chi connectivity index (χ0n) is 21.5. The number of allylic oxidation sites excluding steroid dienone is 3. The Kier molecular flexibility index (Phi) is 7.67. The second-order valence-electron chi connectivity index (χ2n) is 9.01. The van der Waals surface area contributed by atoms with Gasteiger partial charge in [-0.3, -0.25) is 4.79 Å². The lowest BCUT2D eigenvalue weighted by atomic mass is 9.71. The van der Waals surface area contributed by atoms with Crippen LogP contribution < -0.4 is 19.5 Å². The van der Waals surface area contributed by atoms with Gasteiger partial charge in [0.05, 0.1) is 39.4 Å². The van der Waals surface area contributed by atoms with Gasteiger partial charge in [-0.25, -0.2) is 4.79 Å². The lowest BCUT2D eigenvalue weighted by molar-refractivity contribution is -0.139. The van der Waals surface area contributed by atoms with Gasteiger partial charge >= 0.3 is 5.97 Å². The summed E-state index contributed by atoms with van der Waals surface area (Å²) in [5.41, 5.74) is 4.33. The number of carbonyl (C=O) groups excluding carboxylic acids is 2. The molecule has 2 aliphatic rings. The molecular weight excluding hydrogens is 458 g/mol.